The third-order valence-corrected chi connectivity index (χ3v) is 14.0. The lowest BCUT2D eigenvalue weighted by atomic mass is 9.97. The molecular formula is C63H36N4O2. The predicted octanol–water partition coefficient (Wildman–Crippen LogP) is 16.9. The fourth-order valence-corrected chi connectivity index (χ4v) is 10.7. The fourth-order valence-electron chi connectivity index (χ4n) is 10.7. The van der Waals surface area contributed by atoms with Crippen LogP contribution in [0.3, 0.4) is 0 Å². The van der Waals surface area contributed by atoms with Gasteiger partial charge in [0.05, 0.1) is 16.6 Å². The number of hydrogen-bond acceptors (Lipinski definition) is 5. The van der Waals surface area contributed by atoms with Crippen molar-refractivity contribution in [2.45, 2.75) is 0 Å². The third-order valence-electron chi connectivity index (χ3n) is 14.0. The molecule has 0 amide bonds. The molecule has 0 atom stereocenters. The summed E-state index contributed by atoms with van der Waals surface area (Å²) < 4.78 is 15.7. The number of furan rings is 2. The van der Waals surface area contributed by atoms with Gasteiger partial charge in [-0.25, -0.2) is 15.0 Å². The molecule has 4 aromatic heterocycles. The van der Waals surface area contributed by atoms with Crippen molar-refractivity contribution in [1.82, 2.24) is 19.5 Å². The van der Waals surface area contributed by atoms with E-state index < -0.39 is 0 Å². The number of nitrogens with zero attached hydrogens (tertiary/aromatic N) is 4. The quantitative estimate of drug-likeness (QED) is 0.172. The van der Waals surface area contributed by atoms with E-state index in [1.54, 1.807) is 0 Å². The summed E-state index contributed by atoms with van der Waals surface area (Å²) in [5, 5.41) is 13.4. The molecular weight excluding hydrogens is 845 g/mol. The maximum Gasteiger partial charge on any atom is 0.167 e. The molecule has 320 valence electrons. The minimum atomic E-state index is 0.516. The van der Waals surface area contributed by atoms with Gasteiger partial charge in [0.1, 0.15) is 22.3 Å². The van der Waals surface area contributed by atoms with Crippen LogP contribution in [0.15, 0.2) is 227 Å². The van der Waals surface area contributed by atoms with Crippen LogP contribution in [-0.2, 0) is 0 Å². The van der Waals surface area contributed by atoms with Crippen molar-refractivity contribution >= 4 is 98.0 Å². The van der Waals surface area contributed by atoms with Crippen LogP contribution in [-0.4, -0.2) is 19.5 Å². The smallest absolute Gasteiger partial charge is 0.167 e. The molecule has 69 heavy (non-hydrogen) atoms. The molecule has 15 aromatic rings. The summed E-state index contributed by atoms with van der Waals surface area (Å²) in [6.07, 6.45) is 0. The molecule has 6 heteroatoms. The Morgan fingerprint density at radius 2 is 0.855 bits per heavy atom. The van der Waals surface area contributed by atoms with Crippen molar-refractivity contribution in [2.24, 2.45) is 0 Å². The SMILES string of the molecule is c1ccc(-c2ccc(-c3nc(-c4cc5oc6ccccc6c5c5ccc(-n6c7cc8ccccc8cc7c7cc8ccccc8cc76)cc45)nc(-c4cccc5c4oc4ccccc45)n3)cc2)cc1. The average molecular weight is 881 g/mol. The molecule has 15 rings (SSSR count). The maximum atomic E-state index is 6.71. The molecule has 4 heterocycles. The molecule has 0 spiro atoms. The van der Waals surface area contributed by atoms with Crippen molar-refractivity contribution in [2.75, 3.05) is 0 Å². The van der Waals surface area contributed by atoms with Gasteiger partial charge in [-0.05, 0) is 104 Å². The van der Waals surface area contributed by atoms with E-state index >= 15 is 0 Å². The average Bonchev–Trinajstić information content (AvgIpc) is 4.08. The lowest BCUT2D eigenvalue weighted by molar-refractivity contribution is 0.669. The van der Waals surface area contributed by atoms with Gasteiger partial charge >= 0.3 is 0 Å². The summed E-state index contributed by atoms with van der Waals surface area (Å²) in [7, 11) is 0. The van der Waals surface area contributed by atoms with Gasteiger partial charge < -0.3 is 13.4 Å². The standard InChI is InChI=1S/C63H36N4O2/c1-2-13-37(14-3-1)38-25-27-39(28-26-38)61-64-62(49-22-12-21-47-45-19-8-10-23-56(45)69-60(47)49)66-63(65-61)53-36-58-59(48-20-9-11-24-57(48)68-58)46-30-29-44(35-50(46)53)67-54-33-42-17-6-4-15-40(42)31-51(54)52-32-41-16-5-7-18-43(41)34-55(52)67/h1-36H. The third kappa shape index (κ3) is 5.82. The van der Waals surface area contributed by atoms with E-state index in [0.29, 0.717) is 17.5 Å². The van der Waals surface area contributed by atoms with E-state index in [9.17, 15) is 0 Å². The highest BCUT2D eigenvalue weighted by Gasteiger charge is 2.23. The molecule has 0 fully saturated rings. The molecule has 0 unspecified atom stereocenters. The second-order valence-electron chi connectivity index (χ2n) is 17.9. The topological polar surface area (TPSA) is 69.9 Å². The molecule has 0 aliphatic heterocycles. The van der Waals surface area contributed by atoms with Crippen LogP contribution in [0, 0.1) is 0 Å². The number of rotatable bonds is 5. The molecule has 0 saturated heterocycles. The van der Waals surface area contributed by atoms with Crippen molar-refractivity contribution in [3.8, 4) is 51.0 Å². The summed E-state index contributed by atoms with van der Waals surface area (Å²) in [5.74, 6) is 1.60. The highest BCUT2D eigenvalue weighted by atomic mass is 16.3. The molecule has 0 N–H and O–H groups in total. The van der Waals surface area contributed by atoms with Crippen molar-refractivity contribution < 1.29 is 8.83 Å². The molecule has 0 aliphatic carbocycles. The van der Waals surface area contributed by atoms with Crippen molar-refractivity contribution in [3.05, 3.63) is 218 Å². The lowest BCUT2D eigenvalue weighted by Gasteiger charge is -2.14. The normalized spacial score (nSPS) is 12.1. The van der Waals surface area contributed by atoms with E-state index in [4.69, 9.17) is 23.8 Å². The minimum absolute atomic E-state index is 0.516. The van der Waals surface area contributed by atoms with Crippen LogP contribution in [0.5, 0.6) is 0 Å². The number of aromatic nitrogens is 4. The van der Waals surface area contributed by atoms with Gasteiger partial charge in [-0.15, -0.1) is 0 Å². The van der Waals surface area contributed by atoms with Crippen LogP contribution in [0.1, 0.15) is 0 Å². The Morgan fingerprint density at radius 3 is 1.57 bits per heavy atom. The van der Waals surface area contributed by atoms with Gasteiger partial charge in [-0.2, -0.15) is 0 Å². The van der Waals surface area contributed by atoms with Gasteiger partial charge in [-0.1, -0.05) is 158 Å². The first-order valence-corrected chi connectivity index (χ1v) is 23.2. The summed E-state index contributed by atoms with van der Waals surface area (Å²) >= 11 is 0. The van der Waals surface area contributed by atoms with Crippen LogP contribution in [0.2, 0.25) is 0 Å². The van der Waals surface area contributed by atoms with Crippen LogP contribution in [0.25, 0.3) is 149 Å². The van der Waals surface area contributed by atoms with E-state index in [0.717, 1.165) is 99.2 Å². The Morgan fingerprint density at radius 1 is 0.304 bits per heavy atom. The van der Waals surface area contributed by atoms with Gasteiger partial charge in [-0.3, -0.25) is 0 Å². The second-order valence-corrected chi connectivity index (χ2v) is 17.9. The Hall–Kier alpha value is -9.39. The zero-order valence-corrected chi connectivity index (χ0v) is 36.9. The fraction of sp³-hybridized carbons (Fsp3) is 0. The van der Waals surface area contributed by atoms with Gasteiger partial charge in [0.2, 0.25) is 0 Å². The molecule has 0 aliphatic rings. The van der Waals surface area contributed by atoms with Gasteiger partial charge in [0.25, 0.3) is 0 Å². The zero-order chi connectivity index (χ0) is 45.2. The Kier molecular flexibility index (Phi) is 7.97. The first-order chi connectivity index (χ1) is 34.2. The lowest BCUT2D eigenvalue weighted by Crippen LogP contribution is -2.01. The number of fused-ring (bicyclic) bond motifs is 13. The zero-order valence-electron chi connectivity index (χ0n) is 36.9. The van der Waals surface area contributed by atoms with E-state index in [-0.39, 0.29) is 0 Å². The largest absolute Gasteiger partial charge is 0.456 e. The first-order valence-electron chi connectivity index (χ1n) is 23.2. The Bertz CT molecular complexity index is 4510. The van der Waals surface area contributed by atoms with Crippen LogP contribution < -0.4 is 0 Å². The summed E-state index contributed by atoms with van der Waals surface area (Å²) in [4.78, 5) is 16.1. The second kappa shape index (κ2) is 14.6. The summed E-state index contributed by atoms with van der Waals surface area (Å²) in [5.41, 5.74) is 11.2. The number of hydrogen-bond donors (Lipinski definition) is 0. The van der Waals surface area contributed by atoms with Crippen molar-refractivity contribution in [3.63, 3.8) is 0 Å². The number of benzene rings is 11. The minimum Gasteiger partial charge on any atom is -0.456 e. The monoisotopic (exact) mass is 880 g/mol. The highest BCUT2D eigenvalue weighted by Crippen LogP contribution is 2.44. The molecule has 0 bridgehead atoms. The predicted molar refractivity (Wildman–Crippen MR) is 283 cm³/mol. The summed E-state index contributed by atoms with van der Waals surface area (Å²) in [6.45, 7) is 0. The molecule has 0 radical (unpaired) electrons. The first kappa shape index (κ1) is 37.8. The van der Waals surface area contributed by atoms with Gasteiger partial charge in [0, 0.05) is 49.1 Å². The number of para-hydroxylation sites is 3. The van der Waals surface area contributed by atoms with Crippen LogP contribution >= 0.6 is 0 Å². The highest BCUT2D eigenvalue weighted by molar-refractivity contribution is 6.23. The van der Waals surface area contributed by atoms with Crippen molar-refractivity contribution in [1.29, 1.82) is 0 Å². The van der Waals surface area contributed by atoms with Gasteiger partial charge in [0.15, 0.2) is 17.5 Å². The molecule has 11 aromatic carbocycles. The summed E-state index contributed by atoms with van der Waals surface area (Å²) in [6, 6.07) is 77.0. The van der Waals surface area contributed by atoms with E-state index in [2.05, 4.69) is 180 Å². The van der Waals surface area contributed by atoms with Crippen LogP contribution in [0.4, 0.5) is 0 Å². The van der Waals surface area contributed by atoms with E-state index in [1.165, 1.54) is 32.3 Å². The Labute approximate surface area is 394 Å². The van der Waals surface area contributed by atoms with E-state index in [1.807, 2.05) is 42.5 Å². The molecule has 6 nitrogen and oxygen atoms in total. The Balaban J connectivity index is 1.03. The maximum absolute atomic E-state index is 6.71. The molecule has 0 saturated carbocycles.